The summed E-state index contributed by atoms with van der Waals surface area (Å²) in [6.07, 6.45) is 4.36. The van der Waals surface area contributed by atoms with Gasteiger partial charge in [0.15, 0.2) is 5.65 Å². The van der Waals surface area contributed by atoms with Crippen molar-refractivity contribution < 1.29 is 39.7 Å². The van der Waals surface area contributed by atoms with Crippen LogP contribution in [0, 0.1) is 5.82 Å². The molecule has 10 nitrogen and oxygen atoms in total. The number of nitrogens with zero attached hydrogens (tertiary/aromatic N) is 5. The number of esters is 1. The molecule has 1 aliphatic rings. The molecule has 0 aromatic carbocycles. The monoisotopic (exact) mass is 503 g/mol. The molecule has 1 atom stereocenters. The minimum Gasteiger partial charge on any atom is -0.462 e. The van der Waals surface area contributed by atoms with E-state index in [1.165, 1.54) is 21.8 Å². The minimum absolute atomic E-state index is 0.112. The summed E-state index contributed by atoms with van der Waals surface area (Å²) < 4.78 is 86.1. The molecule has 15 heteroatoms. The Kier molecular flexibility index (Phi) is 6.05. The van der Waals surface area contributed by atoms with Crippen molar-refractivity contribution in [1.29, 1.82) is 0 Å². The van der Waals surface area contributed by atoms with E-state index in [-0.39, 0.29) is 30.0 Å². The largest absolute Gasteiger partial charge is 0.534 e. The predicted molar refractivity (Wildman–Crippen MR) is 108 cm³/mol. The van der Waals surface area contributed by atoms with Crippen LogP contribution in [0.15, 0.2) is 30.7 Å². The SMILES string of the molecule is CCOC(=O)c1cnn2ccc(C3CCCN3c3cc(F)cnc3OS(=O)(=O)C(F)(F)F)nc12. The maximum absolute atomic E-state index is 14.0. The first-order valence-electron chi connectivity index (χ1n) is 9.96. The van der Waals surface area contributed by atoms with Gasteiger partial charge in [-0.15, -0.1) is 0 Å². The van der Waals surface area contributed by atoms with E-state index in [1.54, 1.807) is 13.0 Å². The zero-order valence-electron chi connectivity index (χ0n) is 17.5. The van der Waals surface area contributed by atoms with Gasteiger partial charge < -0.3 is 13.8 Å². The van der Waals surface area contributed by atoms with E-state index >= 15 is 0 Å². The highest BCUT2D eigenvalue weighted by molar-refractivity contribution is 7.88. The molecule has 3 aromatic heterocycles. The Morgan fingerprint density at radius 3 is 2.76 bits per heavy atom. The molecule has 0 bridgehead atoms. The zero-order chi connectivity index (χ0) is 24.7. The Morgan fingerprint density at radius 1 is 1.29 bits per heavy atom. The predicted octanol–water partition coefficient (Wildman–Crippen LogP) is 3.01. The van der Waals surface area contributed by atoms with E-state index in [0.29, 0.717) is 24.7 Å². The van der Waals surface area contributed by atoms with Gasteiger partial charge in [-0.1, -0.05) is 0 Å². The number of hydrogen-bond acceptors (Lipinski definition) is 9. The van der Waals surface area contributed by atoms with Crippen molar-refractivity contribution >= 4 is 27.4 Å². The molecule has 34 heavy (non-hydrogen) atoms. The summed E-state index contributed by atoms with van der Waals surface area (Å²) in [4.78, 5) is 21.6. The van der Waals surface area contributed by atoms with Crippen molar-refractivity contribution in [3.8, 4) is 5.88 Å². The third-order valence-electron chi connectivity index (χ3n) is 5.06. The summed E-state index contributed by atoms with van der Waals surface area (Å²) in [6.45, 7) is 2.02. The number of carbonyl (C=O) groups excluding carboxylic acids is 1. The molecule has 0 amide bonds. The van der Waals surface area contributed by atoms with Crippen molar-refractivity contribution in [2.45, 2.75) is 31.3 Å². The molecule has 0 N–H and O–H groups in total. The number of alkyl halides is 3. The van der Waals surface area contributed by atoms with E-state index in [4.69, 9.17) is 4.74 Å². The summed E-state index contributed by atoms with van der Waals surface area (Å²) in [5.41, 5.74) is -5.28. The van der Waals surface area contributed by atoms with Crippen molar-refractivity contribution in [1.82, 2.24) is 19.6 Å². The van der Waals surface area contributed by atoms with E-state index in [9.17, 15) is 30.8 Å². The van der Waals surface area contributed by atoms with Gasteiger partial charge in [-0.2, -0.15) is 26.7 Å². The number of fused-ring (bicyclic) bond motifs is 1. The second kappa shape index (κ2) is 8.70. The van der Waals surface area contributed by atoms with Gasteiger partial charge in [-0.3, -0.25) is 0 Å². The van der Waals surface area contributed by atoms with Crippen LogP contribution in [0.2, 0.25) is 0 Å². The molecule has 1 saturated heterocycles. The molecule has 1 unspecified atom stereocenters. The van der Waals surface area contributed by atoms with Gasteiger partial charge in [-0.25, -0.2) is 23.7 Å². The maximum atomic E-state index is 14.0. The Morgan fingerprint density at radius 2 is 2.06 bits per heavy atom. The summed E-state index contributed by atoms with van der Waals surface area (Å²) in [6, 6.07) is 1.82. The summed E-state index contributed by atoms with van der Waals surface area (Å²) in [7, 11) is -6.03. The van der Waals surface area contributed by atoms with Crippen LogP contribution in [0.25, 0.3) is 5.65 Å². The van der Waals surface area contributed by atoms with E-state index in [2.05, 4.69) is 19.2 Å². The number of hydrogen-bond donors (Lipinski definition) is 0. The molecule has 3 aromatic rings. The van der Waals surface area contributed by atoms with Crippen LogP contribution in [0.4, 0.5) is 23.2 Å². The first-order chi connectivity index (χ1) is 16.0. The number of rotatable bonds is 6. The van der Waals surface area contributed by atoms with Gasteiger partial charge in [-0.05, 0) is 25.8 Å². The molecular weight excluding hydrogens is 486 g/mol. The lowest BCUT2D eigenvalue weighted by atomic mass is 10.1. The molecule has 1 fully saturated rings. The number of carbonyl (C=O) groups is 1. The summed E-state index contributed by atoms with van der Waals surface area (Å²) in [5, 5.41) is 4.04. The van der Waals surface area contributed by atoms with Crippen molar-refractivity contribution in [2.24, 2.45) is 0 Å². The second-order valence-corrected chi connectivity index (χ2v) is 8.75. The average molecular weight is 503 g/mol. The van der Waals surface area contributed by atoms with Crippen LogP contribution in [0.3, 0.4) is 0 Å². The standard InChI is InChI=1S/C19H17F4N5O5S/c1-2-32-18(29)12-10-25-28-7-5-13(26-16(12)28)14-4-3-6-27(14)15-8-11(20)9-24-17(15)33-34(30,31)19(21,22)23/h5,7-10,14H,2-4,6H2,1H3. The van der Waals surface area contributed by atoms with Gasteiger partial charge in [0, 0.05) is 18.8 Å². The van der Waals surface area contributed by atoms with Gasteiger partial charge >= 0.3 is 21.6 Å². The fourth-order valence-electron chi connectivity index (χ4n) is 3.62. The third kappa shape index (κ3) is 4.34. The topological polar surface area (TPSA) is 116 Å². The van der Waals surface area contributed by atoms with Crippen LogP contribution in [0.1, 0.15) is 41.9 Å². The van der Waals surface area contributed by atoms with Crippen LogP contribution in [-0.4, -0.2) is 52.6 Å². The molecule has 4 heterocycles. The van der Waals surface area contributed by atoms with Crippen LogP contribution in [-0.2, 0) is 14.9 Å². The second-order valence-electron chi connectivity index (χ2n) is 7.21. The van der Waals surface area contributed by atoms with Gasteiger partial charge in [0.25, 0.3) is 5.88 Å². The van der Waals surface area contributed by atoms with Gasteiger partial charge in [0.1, 0.15) is 17.1 Å². The first-order valence-corrected chi connectivity index (χ1v) is 11.4. The highest BCUT2D eigenvalue weighted by Crippen LogP contribution is 2.41. The number of ether oxygens (including phenoxy) is 1. The number of aromatic nitrogens is 4. The Labute approximate surface area is 190 Å². The van der Waals surface area contributed by atoms with Crippen LogP contribution in [0.5, 0.6) is 5.88 Å². The number of pyridine rings is 1. The molecule has 182 valence electrons. The highest BCUT2D eigenvalue weighted by atomic mass is 32.2. The van der Waals surface area contributed by atoms with E-state index in [1.807, 2.05) is 0 Å². The number of anilines is 1. The summed E-state index contributed by atoms with van der Waals surface area (Å²) >= 11 is 0. The number of halogens is 4. The average Bonchev–Trinajstić information content (AvgIpc) is 3.41. The molecule has 0 spiro atoms. The van der Waals surface area contributed by atoms with Crippen molar-refractivity contribution in [2.75, 3.05) is 18.1 Å². The Bertz CT molecular complexity index is 1340. The maximum Gasteiger partial charge on any atom is 0.534 e. The fraction of sp³-hybridized carbons (Fsp3) is 0.368. The van der Waals surface area contributed by atoms with Crippen molar-refractivity contribution in [3.05, 3.63) is 47.8 Å². The molecule has 1 aliphatic heterocycles. The minimum atomic E-state index is -6.03. The molecule has 0 aliphatic carbocycles. The van der Waals surface area contributed by atoms with E-state index < -0.39 is 39.3 Å². The molecular formula is C19H17F4N5O5S. The molecule has 4 rings (SSSR count). The summed E-state index contributed by atoms with van der Waals surface area (Å²) in [5.74, 6) is -2.45. The third-order valence-corrected chi connectivity index (χ3v) is 6.00. The van der Waals surface area contributed by atoms with Gasteiger partial charge in [0.05, 0.1) is 30.7 Å². The Hall–Kier alpha value is -3.49. The fourth-order valence-corrected chi connectivity index (χ4v) is 4.05. The first kappa shape index (κ1) is 23.7. The quantitative estimate of drug-likeness (QED) is 0.217. The zero-order valence-corrected chi connectivity index (χ0v) is 18.3. The van der Waals surface area contributed by atoms with Crippen LogP contribution < -0.4 is 9.08 Å². The lowest BCUT2D eigenvalue weighted by molar-refractivity contribution is -0.0501. The molecule has 0 saturated carbocycles. The Balaban J connectivity index is 1.74. The van der Waals surface area contributed by atoms with E-state index in [0.717, 1.165) is 6.07 Å². The molecule has 0 radical (unpaired) electrons. The lowest BCUT2D eigenvalue weighted by Crippen LogP contribution is -2.30. The lowest BCUT2D eigenvalue weighted by Gasteiger charge is -2.27. The van der Waals surface area contributed by atoms with Crippen molar-refractivity contribution in [3.63, 3.8) is 0 Å². The highest BCUT2D eigenvalue weighted by Gasteiger charge is 2.49. The normalized spacial score (nSPS) is 16.7. The van der Waals surface area contributed by atoms with Crippen LogP contribution >= 0.6 is 0 Å². The van der Waals surface area contributed by atoms with Gasteiger partial charge in [0.2, 0.25) is 0 Å². The smallest absolute Gasteiger partial charge is 0.462 e.